The van der Waals surface area contributed by atoms with E-state index in [1.807, 2.05) is 37.3 Å². The Morgan fingerprint density at radius 3 is 2.35 bits per heavy atom. The molecule has 1 aliphatic rings. The van der Waals surface area contributed by atoms with Crippen molar-refractivity contribution in [2.45, 2.75) is 31.4 Å². The summed E-state index contributed by atoms with van der Waals surface area (Å²) in [7, 11) is 0. The topological polar surface area (TPSA) is 43.7 Å². The molecular formula is C14H21NO2. The average molecular weight is 235 g/mol. The summed E-state index contributed by atoms with van der Waals surface area (Å²) in [5.41, 5.74) is 0.323. The van der Waals surface area contributed by atoms with Gasteiger partial charge in [0.15, 0.2) is 0 Å². The predicted octanol–water partition coefficient (Wildman–Crippen LogP) is 1.35. The van der Waals surface area contributed by atoms with Crippen LogP contribution in [0.15, 0.2) is 30.3 Å². The summed E-state index contributed by atoms with van der Waals surface area (Å²) >= 11 is 0. The first-order valence-electron chi connectivity index (χ1n) is 6.28. The fourth-order valence-corrected chi connectivity index (χ4v) is 2.49. The first kappa shape index (κ1) is 12.6. The maximum atomic E-state index is 10.6. The Bertz CT molecular complexity index is 344. The Labute approximate surface area is 103 Å². The van der Waals surface area contributed by atoms with Gasteiger partial charge in [-0.1, -0.05) is 30.3 Å². The van der Waals surface area contributed by atoms with E-state index in [4.69, 9.17) is 5.11 Å². The van der Waals surface area contributed by atoms with Crippen LogP contribution in [0.5, 0.6) is 0 Å². The molecule has 0 spiro atoms. The van der Waals surface area contributed by atoms with Crippen molar-refractivity contribution in [2.75, 3.05) is 19.7 Å². The van der Waals surface area contributed by atoms with Crippen molar-refractivity contribution < 1.29 is 10.2 Å². The molecule has 1 unspecified atom stereocenters. The van der Waals surface area contributed by atoms with Gasteiger partial charge in [-0.15, -0.1) is 0 Å². The largest absolute Gasteiger partial charge is 0.395 e. The predicted molar refractivity (Wildman–Crippen MR) is 67.7 cm³/mol. The first-order valence-corrected chi connectivity index (χ1v) is 6.28. The number of likely N-dealkylation sites (tertiary alicyclic amines) is 1. The van der Waals surface area contributed by atoms with E-state index in [1.54, 1.807) is 0 Å². The number of benzene rings is 1. The molecule has 1 atom stereocenters. The van der Waals surface area contributed by atoms with E-state index in [0.29, 0.717) is 0 Å². The number of hydrogen-bond acceptors (Lipinski definition) is 3. The van der Waals surface area contributed by atoms with Crippen molar-refractivity contribution in [3.8, 4) is 0 Å². The van der Waals surface area contributed by atoms with Gasteiger partial charge in [0.2, 0.25) is 0 Å². The molecular weight excluding hydrogens is 214 g/mol. The second kappa shape index (κ2) is 5.17. The van der Waals surface area contributed by atoms with Crippen LogP contribution < -0.4 is 0 Å². The van der Waals surface area contributed by atoms with Crippen LogP contribution in [0.25, 0.3) is 0 Å². The Morgan fingerprint density at radius 1 is 1.24 bits per heavy atom. The number of rotatable bonds is 3. The van der Waals surface area contributed by atoms with E-state index in [9.17, 15) is 5.11 Å². The number of aliphatic hydroxyl groups is 2. The van der Waals surface area contributed by atoms with E-state index >= 15 is 0 Å². The highest BCUT2D eigenvalue weighted by Crippen LogP contribution is 2.33. The standard InChI is InChI=1S/C14H21NO2/c1-12(11-16)15-9-7-14(17,8-10-15)13-5-3-2-4-6-13/h2-6,12,16-17H,7-11H2,1H3. The van der Waals surface area contributed by atoms with Crippen molar-refractivity contribution in [2.24, 2.45) is 0 Å². The summed E-state index contributed by atoms with van der Waals surface area (Å²) in [4.78, 5) is 2.23. The van der Waals surface area contributed by atoms with Crippen LogP contribution in [-0.4, -0.2) is 40.9 Å². The van der Waals surface area contributed by atoms with Crippen LogP contribution in [0.4, 0.5) is 0 Å². The minimum absolute atomic E-state index is 0.184. The lowest BCUT2D eigenvalue weighted by Gasteiger charge is -2.40. The Morgan fingerprint density at radius 2 is 1.82 bits per heavy atom. The highest BCUT2D eigenvalue weighted by molar-refractivity contribution is 5.22. The van der Waals surface area contributed by atoms with Gasteiger partial charge in [-0.25, -0.2) is 0 Å². The summed E-state index contributed by atoms with van der Waals surface area (Å²) in [6, 6.07) is 10.1. The van der Waals surface area contributed by atoms with Crippen LogP contribution in [0.3, 0.4) is 0 Å². The zero-order chi connectivity index (χ0) is 12.3. The van der Waals surface area contributed by atoms with Crippen molar-refractivity contribution >= 4 is 0 Å². The molecule has 1 saturated heterocycles. The second-order valence-corrected chi connectivity index (χ2v) is 4.97. The van der Waals surface area contributed by atoms with Crippen LogP contribution in [-0.2, 0) is 5.60 Å². The van der Waals surface area contributed by atoms with E-state index < -0.39 is 5.60 Å². The van der Waals surface area contributed by atoms with E-state index in [0.717, 1.165) is 31.5 Å². The average Bonchev–Trinajstić information content (AvgIpc) is 2.40. The molecule has 2 N–H and O–H groups in total. The maximum absolute atomic E-state index is 10.6. The van der Waals surface area contributed by atoms with Gasteiger partial charge < -0.3 is 10.2 Å². The molecule has 1 aromatic carbocycles. The summed E-state index contributed by atoms with van der Waals surface area (Å²) in [5.74, 6) is 0. The fourth-order valence-electron chi connectivity index (χ4n) is 2.49. The Kier molecular flexibility index (Phi) is 3.82. The lowest BCUT2D eigenvalue weighted by atomic mass is 9.84. The minimum Gasteiger partial charge on any atom is -0.395 e. The van der Waals surface area contributed by atoms with Gasteiger partial charge in [0.25, 0.3) is 0 Å². The molecule has 0 bridgehead atoms. The van der Waals surface area contributed by atoms with Crippen LogP contribution >= 0.6 is 0 Å². The summed E-state index contributed by atoms with van der Waals surface area (Å²) in [6.07, 6.45) is 1.47. The number of nitrogens with zero attached hydrogens (tertiary/aromatic N) is 1. The van der Waals surface area contributed by atoms with Gasteiger partial charge in [0.1, 0.15) is 0 Å². The van der Waals surface area contributed by atoms with Gasteiger partial charge in [-0.2, -0.15) is 0 Å². The van der Waals surface area contributed by atoms with Crippen molar-refractivity contribution in [3.05, 3.63) is 35.9 Å². The smallest absolute Gasteiger partial charge is 0.0920 e. The molecule has 0 aliphatic carbocycles. The SMILES string of the molecule is CC(CO)N1CCC(O)(c2ccccc2)CC1. The third-order valence-corrected chi connectivity index (χ3v) is 3.82. The molecule has 3 heteroatoms. The zero-order valence-corrected chi connectivity index (χ0v) is 10.3. The van der Waals surface area contributed by atoms with E-state index in [-0.39, 0.29) is 12.6 Å². The zero-order valence-electron chi connectivity index (χ0n) is 10.3. The molecule has 0 amide bonds. The maximum Gasteiger partial charge on any atom is 0.0920 e. The molecule has 94 valence electrons. The van der Waals surface area contributed by atoms with Gasteiger partial charge in [0.05, 0.1) is 12.2 Å². The number of aliphatic hydroxyl groups excluding tert-OH is 1. The van der Waals surface area contributed by atoms with Crippen LogP contribution in [0.1, 0.15) is 25.3 Å². The van der Waals surface area contributed by atoms with Gasteiger partial charge >= 0.3 is 0 Å². The van der Waals surface area contributed by atoms with Gasteiger partial charge in [-0.05, 0) is 25.3 Å². The Hall–Kier alpha value is -0.900. The second-order valence-electron chi connectivity index (χ2n) is 4.97. The van der Waals surface area contributed by atoms with Crippen molar-refractivity contribution in [1.29, 1.82) is 0 Å². The summed E-state index contributed by atoms with van der Waals surface area (Å²) < 4.78 is 0. The molecule has 0 saturated carbocycles. The van der Waals surface area contributed by atoms with Gasteiger partial charge in [-0.3, -0.25) is 4.90 Å². The molecule has 3 nitrogen and oxygen atoms in total. The number of piperidine rings is 1. The molecule has 1 heterocycles. The highest BCUT2D eigenvalue weighted by atomic mass is 16.3. The molecule has 1 aromatic rings. The lowest BCUT2D eigenvalue weighted by molar-refractivity contribution is -0.0389. The summed E-state index contributed by atoms with van der Waals surface area (Å²) in [6.45, 7) is 3.89. The summed E-state index contributed by atoms with van der Waals surface area (Å²) in [5, 5.41) is 19.8. The monoisotopic (exact) mass is 235 g/mol. The highest BCUT2D eigenvalue weighted by Gasteiger charge is 2.34. The van der Waals surface area contributed by atoms with Crippen LogP contribution in [0, 0.1) is 0 Å². The van der Waals surface area contributed by atoms with E-state index in [2.05, 4.69) is 4.90 Å². The Balaban J connectivity index is 2.03. The molecule has 17 heavy (non-hydrogen) atoms. The lowest BCUT2D eigenvalue weighted by Crippen LogP contribution is -2.47. The first-order chi connectivity index (χ1) is 8.15. The van der Waals surface area contributed by atoms with Gasteiger partial charge in [0, 0.05) is 19.1 Å². The molecule has 0 radical (unpaired) electrons. The number of hydrogen-bond donors (Lipinski definition) is 2. The third-order valence-electron chi connectivity index (χ3n) is 3.82. The molecule has 2 rings (SSSR count). The third kappa shape index (κ3) is 2.68. The molecule has 1 aliphatic heterocycles. The quantitative estimate of drug-likeness (QED) is 0.831. The fraction of sp³-hybridized carbons (Fsp3) is 0.571. The molecule has 1 fully saturated rings. The normalized spacial score (nSPS) is 22.3. The van der Waals surface area contributed by atoms with Crippen molar-refractivity contribution in [1.82, 2.24) is 4.90 Å². The minimum atomic E-state index is -0.688. The van der Waals surface area contributed by atoms with Crippen LogP contribution in [0.2, 0.25) is 0 Å². The van der Waals surface area contributed by atoms with Crippen molar-refractivity contribution in [3.63, 3.8) is 0 Å². The van der Waals surface area contributed by atoms with E-state index in [1.165, 1.54) is 0 Å². The molecule has 0 aromatic heterocycles.